The van der Waals surface area contributed by atoms with E-state index in [1.807, 2.05) is 0 Å². The van der Waals surface area contributed by atoms with Crippen LogP contribution in [0.1, 0.15) is 0 Å². The van der Waals surface area contributed by atoms with E-state index in [1.54, 1.807) is 0 Å². The van der Waals surface area contributed by atoms with Gasteiger partial charge in [0.2, 0.25) is 0 Å². The lowest BCUT2D eigenvalue weighted by Crippen LogP contribution is -2.29. The van der Waals surface area contributed by atoms with Crippen LogP contribution in [0.3, 0.4) is 0 Å². The van der Waals surface area contributed by atoms with E-state index in [9.17, 15) is 26.3 Å². The number of hydrogen-bond donors (Lipinski definition) is 0. The SMILES string of the molecule is FC(F)(F)C(Oc1ccccc1)=C(Oc1ccccc1)C(F)(F)F. The topological polar surface area (TPSA) is 18.5 Å². The van der Waals surface area contributed by atoms with E-state index in [0.29, 0.717) is 0 Å². The smallest absolute Gasteiger partial charge is 0.449 e. The van der Waals surface area contributed by atoms with Crippen molar-refractivity contribution >= 4 is 0 Å². The number of para-hydroxylation sites is 2. The van der Waals surface area contributed by atoms with Gasteiger partial charge in [0.05, 0.1) is 0 Å². The molecular weight excluding hydrogens is 338 g/mol. The number of allylic oxidation sites excluding steroid dienone is 2. The van der Waals surface area contributed by atoms with Gasteiger partial charge in [0.25, 0.3) is 11.5 Å². The Bertz CT molecular complexity index is 629. The molecule has 0 aliphatic rings. The normalized spacial score (nSPS) is 13.2. The summed E-state index contributed by atoms with van der Waals surface area (Å²) in [4.78, 5) is 0. The van der Waals surface area contributed by atoms with Crippen molar-refractivity contribution in [2.75, 3.05) is 0 Å². The zero-order chi connectivity index (χ0) is 17.8. The maximum Gasteiger partial charge on any atom is 0.453 e. The minimum atomic E-state index is -5.41. The Morgan fingerprint density at radius 1 is 0.542 bits per heavy atom. The Balaban J connectivity index is 2.52. The molecule has 0 radical (unpaired) electrons. The van der Waals surface area contributed by atoms with Crippen molar-refractivity contribution in [1.82, 2.24) is 0 Å². The van der Waals surface area contributed by atoms with E-state index in [2.05, 4.69) is 9.47 Å². The van der Waals surface area contributed by atoms with Crippen molar-refractivity contribution < 1.29 is 35.8 Å². The Morgan fingerprint density at radius 3 is 1.08 bits per heavy atom. The molecule has 0 saturated carbocycles. The lowest BCUT2D eigenvalue weighted by atomic mass is 10.3. The fourth-order valence-corrected chi connectivity index (χ4v) is 1.68. The maximum atomic E-state index is 13.1. The van der Waals surface area contributed by atoms with Crippen molar-refractivity contribution in [2.24, 2.45) is 0 Å². The summed E-state index contributed by atoms with van der Waals surface area (Å²) in [5.74, 6) is -5.35. The first-order valence-corrected chi connectivity index (χ1v) is 6.52. The summed E-state index contributed by atoms with van der Waals surface area (Å²) in [7, 11) is 0. The van der Waals surface area contributed by atoms with Crippen LogP contribution < -0.4 is 9.47 Å². The Labute approximate surface area is 132 Å². The van der Waals surface area contributed by atoms with E-state index in [-0.39, 0.29) is 0 Å². The van der Waals surface area contributed by atoms with E-state index in [0.717, 1.165) is 24.3 Å². The van der Waals surface area contributed by atoms with Gasteiger partial charge in [-0.1, -0.05) is 36.4 Å². The second-order valence-electron chi connectivity index (χ2n) is 4.48. The molecule has 128 valence electrons. The summed E-state index contributed by atoms with van der Waals surface area (Å²) >= 11 is 0. The maximum absolute atomic E-state index is 13.1. The largest absolute Gasteiger partial charge is 0.453 e. The molecular formula is C16H10F6O2. The van der Waals surface area contributed by atoms with Crippen LogP contribution in [0, 0.1) is 0 Å². The molecule has 0 aromatic heterocycles. The van der Waals surface area contributed by atoms with Gasteiger partial charge < -0.3 is 9.47 Å². The molecule has 0 N–H and O–H groups in total. The van der Waals surface area contributed by atoms with Crippen molar-refractivity contribution in [1.29, 1.82) is 0 Å². The van der Waals surface area contributed by atoms with Crippen LogP contribution in [-0.2, 0) is 0 Å². The number of rotatable bonds is 4. The molecule has 0 saturated heterocycles. The van der Waals surface area contributed by atoms with Gasteiger partial charge in [-0.2, -0.15) is 26.3 Å². The van der Waals surface area contributed by atoms with Gasteiger partial charge >= 0.3 is 12.4 Å². The molecule has 0 bridgehead atoms. The van der Waals surface area contributed by atoms with Gasteiger partial charge in [0, 0.05) is 0 Å². The second kappa shape index (κ2) is 6.86. The summed E-state index contributed by atoms with van der Waals surface area (Å²) in [5, 5.41) is 0. The Kier molecular flexibility index (Phi) is 5.06. The lowest BCUT2D eigenvalue weighted by Gasteiger charge is -2.20. The molecule has 0 fully saturated rings. The number of ether oxygens (including phenoxy) is 2. The highest BCUT2D eigenvalue weighted by Gasteiger charge is 2.50. The van der Waals surface area contributed by atoms with Crippen LogP contribution in [-0.4, -0.2) is 12.4 Å². The molecule has 0 heterocycles. The number of halogens is 6. The van der Waals surface area contributed by atoms with Crippen molar-refractivity contribution in [2.45, 2.75) is 12.4 Å². The third-order valence-electron chi connectivity index (χ3n) is 2.65. The molecule has 0 spiro atoms. The first kappa shape index (κ1) is 17.7. The van der Waals surface area contributed by atoms with Gasteiger partial charge in [0.15, 0.2) is 0 Å². The zero-order valence-electron chi connectivity index (χ0n) is 11.9. The fraction of sp³-hybridized carbons (Fsp3) is 0.125. The van der Waals surface area contributed by atoms with Gasteiger partial charge in [-0.25, -0.2) is 0 Å². The van der Waals surface area contributed by atoms with E-state index >= 15 is 0 Å². The molecule has 2 nitrogen and oxygen atoms in total. The summed E-state index contributed by atoms with van der Waals surface area (Å²) in [6.45, 7) is 0. The first-order valence-electron chi connectivity index (χ1n) is 6.52. The van der Waals surface area contributed by atoms with Crippen molar-refractivity contribution in [3.05, 3.63) is 72.2 Å². The standard InChI is InChI=1S/C16H10F6O2/c17-15(18,19)13(23-11-7-3-1-4-8-11)14(16(20,21)22)24-12-9-5-2-6-10-12/h1-10H. The predicted octanol–water partition coefficient (Wildman–Crippen LogP) is 5.48. The summed E-state index contributed by atoms with van der Waals surface area (Å²) in [5.41, 5.74) is 0. The molecule has 2 aromatic rings. The number of hydrogen-bond acceptors (Lipinski definition) is 2. The molecule has 0 amide bonds. The van der Waals surface area contributed by atoms with Gasteiger partial charge in [-0.15, -0.1) is 0 Å². The van der Waals surface area contributed by atoms with Crippen LogP contribution in [0.15, 0.2) is 72.2 Å². The van der Waals surface area contributed by atoms with Gasteiger partial charge in [-0.05, 0) is 24.3 Å². The summed E-state index contributed by atoms with van der Waals surface area (Å²) in [6.07, 6.45) is -10.8. The average Bonchev–Trinajstić information content (AvgIpc) is 2.51. The van der Waals surface area contributed by atoms with Crippen LogP contribution in [0.25, 0.3) is 0 Å². The molecule has 2 aromatic carbocycles. The molecule has 0 unspecified atom stereocenters. The molecule has 24 heavy (non-hydrogen) atoms. The third-order valence-corrected chi connectivity index (χ3v) is 2.65. The quantitative estimate of drug-likeness (QED) is 0.538. The highest BCUT2D eigenvalue weighted by atomic mass is 19.4. The van der Waals surface area contributed by atoms with Crippen LogP contribution in [0.4, 0.5) is 26.3 Å². The zero-order valence-corrected chi connectivity index (χ0v) is 11.9. The van der Waals surface area contributed by atoms with Gasteiger partial charge in [-0.3, -0.25) is 0 Å². The molecule has 0 atom stereocenters. The van der Waals surface area contributed by atoms with Crippen LogP contribution in [0.2, 0.25) is 0 Å². The Hall–Kier alpha value is -2.64. The number of alkyl halides is 6. The second-order valence-corrected chi connectivity index (χ2v) is 4.48. The summed E-state index contributed by atoms with van der Waals surface area (Å²) in [6, 6.07) is 12.7. The highest BCUT2D eigenvalue weighted by molar-refractivity contribution is 5.29. The van der Waals surface area contributed by atoms with Crippen LogP contribution in [0.5, 0.6) is 11.5 Å². The van der Waals surface area contributed by atoms with Crippen molar-refractivity contribution in [3.63, 3.8) is 0 Å². The minimum Gasteiger partial charge on any atom is -0.449 e. The third kappa shape index (κ3) is 4.68. The molecule has 8 heteroatoms. The van der Waals surface area contributed by atoms with E-state index in [1.165, 1.54) is 36.4 Å². The lowest BCUT2D eigenvalue weighted by molar-refractivity contribution is -0.150. The monoisotopic (exact) mass is 348 g/mol. The Morgan fingerprint density at radius 2 is 0.833 bits per heavy atom. The first-order chi connectivity index (χ1) is 11.2. The molecule has 0 aliphatic carbocycles. The fourth-order valence-electron chi connectivity index (χ4n) is 1.68. The summed E-state index contributed by atoms with van der Waals surface area (Å²) < 4.78 is 87.7. The minimum absolute atomic E-state index is 0.400. The van der Waals surface area contributed by atoms with Crippen molar-refractivity contribution in [3.8, 4) is 11.5 Å². The van der Waals surface area contributed by atoms with Gasteiger partial charge in [0.1, 0.15) is 11.5 Å². The predicted molar refractivity (Wildman–Crippen MR) is 73.3 cm³/mol. The highest BCUT2D eigenvalue weighted by Crippen LogP contribution is 2.38. The average molecular weight is 348 g/mol. The number of benzene rings is 2. The van der Waals surface area contributed by atoms with Crippen LogP contribution >= 0.6 is 0 Å². The van der Waals surface area contributed by atoms with E-state index < -0.39 is 35.4 Å². The van der Waals surface area contributed by atoms with E-state index in [4.69, 9.17) is 0 Å². The molecule has 0 aliphatic heterocycles. The molecule has 2 rings (SSSR count).